The van der Waals surface area contributed by atoms with Crippen molar-refractivity contribution >= 4 is 5.91 Å². The zero-order valence-corrected chi connectivity index (χ0v) is 12.3. The van der Waals surface area contributed by atoms with E-state index in [1.165, 1.54) is 5.56 Å². The lowest BCUT2D eigenvalue weighted by Crippen LogP contribution is -2.42. The van der Waals surface area contributed by atoms with Crippen LogP contribution in [0.1, 0.15) is 31.2 Å². The van der Waals surface area contributed by atoms with E-state index in [0.29, 0.717) is 12.5 Å². The number of carbonyl (C=O) groups excluding carboxylic acids is 1. The highest BCUT2D eigenvalue weighted by Gasteiger charge is 2.25. The molecule has 1 heterocycles. The number of hydrogen-bond acceptors (Lipinski definition) is 3. The summed E-state index contributed by atoms with van der Waals surface area (Å²) in [6.07, 6.45) is 2.05. The van der Waals surface area contributed by atoms with Crippen molar-refractivity contribution < 1.29 is 9.53 Å². The SMILES string of the molecule is COc1ccc(C2CCN(C(=O)C(C)CN)CC2)cc1. The second-order valence-corrected chi connectivity index (χ2v) is 5.51. The molecule has 1 atom stereocenters. The number of nitrogens with two attached hydrogens (primary N) is 1. The molecule has 1 aromatic carbocycles. The van der Waals surface area contributed by atoms with Crippen molar-refractivity contribution in [3.63, 3.8) is 0 Å². The van der Waals surface area contributed by atoms with E-state index in [9.17, 15) is 4.79 Å². The topological polar surface area (TPSA) is 55.6 Å². The maximum absolute atomic E-state index is 12.1. The maximum atomic E-state index is 12.1. The van der Waals surface area contributed by atoms with Crippen molar-refractivity contribution in [2.75, 3.05) is 26.7 Å². The molecular formula is C16H24N2O2. The summed E-state index contributed by atoms with van der Waals surface area (Å²) < 4.78 is 5.18. The van der Waals surface area contributed by atoms with E-state index in [1.54, 1.807) is 7.11 Å². The van der Waals surface area contributed by atoms with Crippen LogP contribution in [0.3, 0.4) is 0 Å². The summed E-state index contributed by atoms with van der Waals surface area (Å²) in [5.74, 6) is 1.56. The number of nitrogens with zero attached hydrogens (tertiary/aromatic N) is 1. The first kappa shape index (κ1) is 14.9. The Kier molecular flexibility index (Phi) is 5.01. The van der Waals surface area contributed by atoms with E-state index in [1.807, 2.05) is 24.0 Å². The fraction of sp³-hybridized carbons (Fsp3) is 0.562. The van der Waals surface area contributed by atoms with Crippen LogP contribution in [0.2, 0.25) is 0 Å². The number of rotatable bonds is 4. The first-order valence-electron chi connectivity index (χ1n) is 7.28. The van der Waals surface area contributed by atoms with Gasteiger partial charge in [0.15, 0.2) is 0 Å². The van der Waals surface area contributed by atoms with Crippen molar-refractivity contribution in [2.24, 2.45) is 11.7 Å². The number of piperidine rings is 1. The molecule has 0 spiro atoms. The van der Waals surface area contributed by atoms with Gasteiger partial charge in [0.2, 0.25) is 5.91 Å². The summed E-state index contributed by atoms with van der Waals surface area (Å²) in [4.78, 5) is 14.0. The maximum Gasteiger partial charge on any atom is 0.226 e. The molecule has 1 fully saturated rings. The van der Waals surface area contributed by atoms with E-state index in [0.717, 1.165) is 31.7 Å². The smallest absolute Gasteiger partial charge is 0.226 e. The number of carbonyl (C=O) groups is 1. The van der Waals surface area contributed by atoms with Crippen LogP contribution in [0, 0.1) is 5.92 Å². The monoisotopic (exact) mass is 276 g/mol. The van der Waals surface area contributed by atoms with Crippen LogP contribution in [0.4, 0.5) is 0 Å². The van der Waals surface area contributed by atoms with Gasteiger partial charge in [-0.3, -0.25) is 4.79 Å². The Balaban J connectivity index is 1.92. The molecule has 1 saturated heterocycles. The number of methoxy groups -OCH3 is 1. The molecule has 20 heavy (non-hydrogen) atoms. The molecule has 110 valence electrons. The average Bonchev–Trinajstić information content (AvgIpc) is 2.53. The molecular weight excluding hydrogens is 252 g/mol. The zero-order valence-electron chi connectivity index (χ0n) is 12.3. The van der Waals surface area contributed by atoms with Gasteiger partial charge in [-0.1, -0.05) is 19.1 Å². The lowest BCUT2D eigenvalue weighted by Gasteiger charge is -2.33. The largest absolute Gasteiger partial charge is 0.497 e. The molecule has 4 heteroatoms. The first-order chi connectivity index (χ1) is 9.65. The van der Waals surface area contributed by atoms with Gasteiger partial charge in [0, 0.05) is 25.6 Å². The van der Waals surface area contributed by atoms with Gasteiger partial charge in [-0.2, -0.15) is 0 Å². The lowest BCUT2D eigenvalue weighted by atomic mass is 9.89. The standard InChI is InChI=1S/C16H24N2O2/c1-12(11-17)16(19)18-9-7-14(8-10-18)13-3-5-15(20-2)6-4-13/h3-6,12,14H,7-11,17H2,1-2H3. The van der Waals surface area contributed by atoms with Crippen LogP contribution >= 0.6 is 0 Å². The first-order valence-corrected chi connectivity index (χ1v) is 7.28. The quantitative estimate of drug-likeness (QED) is 0.915. The van der Waals surface area contributed by atoms with Gasteiger partial charge in [0.05, 0.1) is 7.11 Å². The second-order valence-electron chi connectivity index (χ2n) is 5.51. The third kappa shape index (κ3) is 3.31. The van der Waals surface area contributed by atoms with Gasteiger partial charge in [0.25, 0.3) is 0 Å². The number of hydrogen-bond donors (Lipinski definition) is 1. The summed E-state index contributed by atoms with van der Waals surface area (Å²) in [5.41, 5.74) is 6.90. The van der Waals surface area contributed by atoms with Gasteiger partial charge in [-0.15, -0.1) is 0 Å². The Morgan fingerprint density at radius 2 is 1.95 bits per heavy atom. The molecule has 0 bridgehead atoms. The lowest BCUT2D eigenvalue weighted by molar-refractivity contribution is -0.135. The Hall–Kier alpha value is -1.55. The summed E-state index contributed by atoms with van der Waals surface area (Å²) in [5, 5.41) is 0. The molecule has 1 aliphatic heterocycles. The van der Waals surface area contributed by atoms with Gasteiger partial charge >= 0.3 is 0 Å². The minimum absolute atomic E-state index is 0.0625. The van der Waals surface area contributed by atoms with Crippen molar-refractivity contribution in [3.8, 4) is 5.75 Å². The van der Waals surface area contributed by atoms with Crippen molar-refractivity contribution in [1.29, 1.82) is 0 Å². The molecule has 0 radical (unpaired) electrons. The van der Waals surface area contributed by atoms with Crippen molar-refractivity contribution in [3.05, 3.63) is 29.8 Å². The molecule has 1 aromatic rings. The van der Waals surface area contributed by atoms with Crippen LogP contribution in [-0.2, 0) is 4.79 Å². The summed E-state index contributed by atoms with van der Waals surface area (Å²) in [6.45, 7) is 3.99. The van der Waals surface area contributed by atoms with E-state index in [-0.39, 0.29) is 11.8 Å². The zero-order chi connectivity index (χ0) is 14.5. The summed E-state index contributed by atoms with van der Waals surface area (Å²) >= 11 is 0. The number of ether oxygens (including phenoxy) is 1. The number of benzene rings is 1. The van der Waals surface area contributed by atoms with E-state index < -0.39 is 0 Å². The molecule has 1 unspecified atom stereocenters. The van der Waals surface area contributed by atoms with E-state index in [4.69, 9.17) is 10.5 Å². The van der Waals surface area contributed by atoms with E-state index in [2.05, 4.69) is 12.1 Å². The fourth-order valence-electron chi connectivity index (χ4n) is 2.72. The fourth-order valence-corrected chi connectivity index (χ4v) is 2.72. The minimum atomic E-state index is -0.0625. The molecule has 0 aliphatic carbocycles. The van der Waals surface area contributed by atoms with Crippen LogP contribution in [0.5, 0.6) is 5.75 Å². The molecule has 1 amide bonds. The molecule has 4 nitrogen and oxygen atoms in total. The summed E-state index contributed by atoms with van der Waals surface area (Å²) in [7, 11) is 1.68. The second kappa shape index (κ2) is 6.75. The van der Waals surface area contributed by atoms with Crippen LogP contribution in [0.15, 0.2) is 24.3 Å². The predicted molar refractivity (Wildman–Crippen MR) is 79.8 cm³/mol. The minimum Gasteiger partial charge on any atom is -0.497 e. The third-order valence-electron chi connectivity index (χ3n) is 4.17. The molecule has 1 aliphatic rings. The van der Waals surface area contributed by atoms with E-state index >= 15 is 0 Å². The van der Waals surface area contributed by atoms with Crippen molar-refractivity contribution in [1.82, 2.24) is 4.90 Å². The predicted octanol–water partition coefficient (Wildman–Crippen LogP) is 2.00. The Labute approximate surface area is 120 Å². The van der Waals surface area contributed by atoms with Crippen molar-refractivity contribution in [2.45, 2.75) is 25.7 Å². The van der Waals surface area contributed by atoms with Gasteiger partial charge in [-0.05, 0) is 36.5 Å². The molecule has 0 saturated carbocycles. The third-order valence-corrected chi connectivity index (χ3v) is 4.17. The van der Waals surface area contributed by atoms with Gasteiger partial charge < -0.3 is 15.4 Å². The number of likely N-dealkylation sites (tertiary alicyclic amines) is 1. The molecule has 2 rings (SSSR count). The Bertz CT molecular complexity index is 436. The van der Waals surface area contributed by atoms with Crippen LogP contribution < -0.4 is 10.5 Å². The average molecular weight is 276 g/mol. The molecule has 2 N–H and O–H groups in total. The molecule has 0 aromatic heterocycles. The van der Waals surface area contributed by atoms with Crippen LogP contribution in [0.25, 0.3) is 0 Å². The summed E-state index contributed by atoms with van der Waals surface area (Å²) in [6, 6.07) is 8.26. The Morgan fingerprint density at radius 3 is 2.45 bits per heavy atom. The van der Waals surface area contributed by atoms with Crippen LogP contribution in [-0.4, -0.2) is 37.6 Å². The normalized spacial score (nSPS) is 17.9. The highest BCUT2D eigenvalue weighted by atomic mass is 16.5. The van der Waals surface area contributed by atoms with Gasteiger partial charge in [-0.25, -0.2) is 0 Å². The Morgan fingerprint density at radius 1 is 1.35 bits per heavy atom. The number of amides is 1. The highest BCUT2D eigenvalue weighted by molar-refractivity contribution is 5.78. The highest BCUT2D eigenvalue weighted by Crippen LogP contribution is 2.29. The van der Waals surface area contributed by atoms with Gasteiger partial charge in [0.1, 0.15) is 5.75 Å².